The number of aromatic nitrogens is 2. The molecule has 2 N–H and O–H groups in total. The number of ether oxygens (including phenoxy) is 1. The van der Waals surface area contributed by atoms with E-state index in [1.807, 2.05) is 12.1 Å². The van der Waals surface area contributed by atoms with E-state index >= 15 is 0 Å². The lowest BCUT2D eigenvalue weighted by molar-refractivity contribution is -0.113. The summed E-state index contributed by atoms with van der Waals surface area (Å²) in [6.07, 6.45) is 3.47. The van der Waals surface area contributed by atoms with E-state index < -0.39 is 36.4 Å². The number of hydrogen-bond acceptors (Lipinski definition) is 7. The van der Waals surface area contributed by atoms with Crippen LogP contribution < -0.4 is 16.2 Å². The molecule has 0 atom stereocenters. The minimum absolute atomic E-state index is 0.0586. The third-order valence-electron chi connectivity index (χ3n) is 7.20. The molecule has 0 unspecified atom stereocenters. The van der Waals surface area contributed by atoms with Gasteiger partial charge in [-0.05, 0) is 59.9 Å². The van der Waals surface area contributed by atoms with Crippen LogP contribution in [0.1, 0.15) is 56.3 Å². The Balaban J connectivity index is 1.47. The molecule has 0 bridgehead atoms. The monoisotopic (exact) mass is 576 g/mol. The van der Waals surface area contributed by atoms with E-state index in [9.17, 15) is 28.4 Å². The summed E-state index contributed by atoms with van der Waals surface area (Å²) >= 11 is 0. The van der Waals surface area contributed by atoms with Crippen molar-refractivity contribution in [2.45, 2.75) is 31.2 Å². The number of methoxy groups -OCH3 is 1. The van der Waals surface area contributed by atoms with E-state index in [0.29, 0.717) is 36.5 Å². The molecule has 0 spiro atoms. The summed E-state index contributed by atoms with van der Waals surface area (Å²) in [7, 11) is 3.17. The number of amides is 2. The SMILES string of the molecule is COCCNCc1cc(C(=O)Nc2cc(-c3ccc(C#N)cc3C(=O)N3CC(F)(F)C3)cc(C3CC3)n2)c(=O)n(C)c1. The molecule has 3 heterocycles. The van der Waals surface area contributed by atoms with Crippen LogP contribution in [-0.2, 0) is 18.3 Å². The van der Waals surface area contributed by atoms with Crippen LogP contribution >= 0.6 is 0 Å². The molecular weight excluding hydrogens is 546 g/mol. The number of nitriles is 1. The zero-order valence-electron chi connectivity index (χ0n) is 23.2. The third kappa shape index (κ3) is 6.37. The first-order valence-corrected chi connectivity index (χ1v) is 13.5. The molecule has 2 fully saturated rings. The molecule has 5 rings (SSSR count). The number of hydrogen-bond donors (Lipinski definition) is 2. The number of halogens is 2. The van der Waals surface area contributed by atoms with Crippen LogP contribution in [0.5, 0.6) is 0 Å². The highest BCUT2D eigenvalue weighted by Crippen LogP contribution is 2.41. The molecule has 1 saturated heterocycles. The lowest BCUT2D eigenvalue weighted by Gasteiger charge is -2.39. The lowest BCUT2D eigenvalue weighted by atomic mass is 9.95. The predicted molar refractivity (Wildman–Crippen MR) is 150 cm³/mol. The molecule has 10 nitrogen and oxygen atoms in total. The summed E-state index contributed by atoms with van der Waals surface area (Å²) in [6.45, 7) is 0.157. The molecule has 2 aromatic heterocycles. The zero-order chi connectivity index (χ0) is 30.0. The van der Waals surface area contributed by atoms with Gasteiger partial charge in [0.2, 0.25) is 0 Å². The van der Waals surface area contributed by atoms with Gasteiger partial charge in [-0.2, -0.15) is 5.26 Å². The van der Waals surface area contributed by atoms with Gasteiger partial charge in [0.25, 0.3) is 23.3 Å². The Morgan fingerprint density at radius 1 is 1.17 bits per heavy atom. The van der Waals surface area contributed by atoms with E-state index in [2.05, 4.69) is 15.6 Å². The van der Waals surface area contributed by atoms with E-state index in [1.54, 1.807) is 38.6 Å². The van der Waals surface area contributed by atoms with E-state index in [0.717, 1.165) is 23.3 Å². The van der Waals surface area contributed by atoms with Crippen molar-refractivity contribution in [2.75, 3.05) is 38.7 Å². The first-order chi connectivity index (χ1) is 20.1. The maximum atomic E-state index is 13.5. The quantitative estimate of drug-likeness (QED) is 0.355. The van der Waals surface area contributed by atoms with Crippen LogP contribution in [0.4, 0.5) is 14.6 Å². The second-order valence-corrected chi connectivity index (χ2v) is 10.6. The highest BCUT2D eigenvalue weighted by Gasteiger charge is 2.46. The molecule has 1 aliphatic carbocycles. The maximum Gasteiger partial charge on any atom is 0.282 e. The van der Waals surface area contributed by atoms with Crippen LogP contribution in [-0.4, -0.2) is 65.5 Å². The zero-order valence-corrected chi connectivity index (χ0v) is 23.2. The third-order valence-corrected chi connectivity index (χ3v) is 7.20. The minimum Gasteiger partial charge on any atom is -0.383 e. The lowest BCUT2D eigenvalue weighted by Crippen LogP contribution is -2.58. The Morgan fingerprint density at radius 2 is 1.93 bits per heavy atom. The molecule has 3 aromatic rings. The fourth-order valence-electron chi connectivity index (χ4n) is 4.86. The predicted octanol–water partition coefficient (Wildman–Crippen LogP) is 3.28. The summed E-state index contributed by atoms with van der Waals surface area (Å²) in [4.78, 5) is 45.1. The van der Waals surface area contributed by atoms with Gasteiger partial charge in [-0.15, -0.1) is 0 Å². The first kappa shape index (κ1) is 29.0. The number of pyridine rings is 2. The molecule has 12 heteroatoms. The summed E-state index contributed by atoms with van der Waals surface area (Å²) in [6, 6.07) is 11.4. The van der Waals surface area contributed by atoms with E-state index in [4.69, 9.17) is 4.74 Å². The summed E-state index contributed by atoms with van der Waals surface area (Å²) in [5.41, 5.74) is 2.18. The molecule has 218 valence electrons. The molecule has 2 amide bonds. The number of likely N-dealkylation sites (tertiary alicyclic amines) is 1. The van der Waals surface area contributed by atoms with Gasteiger partial charge in [0, 0.05) is 50.6 Å². The van der Waals surface area contributed by atoms with Gasteiger partial charge in [0.05, 0.1) is 31.3 Å². The van der Waals surface area contributed by atoms with Crippen molar-refractivity contribution in [1.29, 1.82) is 5.26 Å². The topological polar surface area (TPSA) is 129 Å². The minimum atomic E-state index is -2.94. The Kier molecular flexibility index (Phi) is 8.15. The maximum absolute atomic E-state index is 13.5. The van der Waals surface area contributed by atoms with Crippen LogP contribution in [0.2, 0.25) is 0 Å². The second-order valence-electron chi connectivity index (χ2n) is 10.6. The van der Waals surface area contributed by atoms with Gasteiger partial charge in [-0.3, -0.25) is 14.4 Å². The Hall–Kier alpha value is -4.47. The molecular formula is C30H30F2N6O4. The van der Waals surface area contributed by atoms with E-state index in [1.165, 1.54) is 16.7 Å². The first-order valence-electron chi connectivity index (χ1n) is 13.5. The normalized spacial score (nSPS) is 15.5. The number of anilines is 1. The smallest absolute Gasteiger partial charge is 0.282 e. The number of nitrogens with one attached hydrogen (secondary N) is 2. The number of rotatable bonds is 10. The highest BCUT2D eigenvalue weighted by atomic mass is 19.3. The summed E-state index contributed by atoms with van der Waals surface area (Å²) in [5.74, 6) is -3.84. The van der Waals surface area contributed by atoms with Crippen LogP contribution in [0.3, 0.4) is 0 Å². The van der Waals surface area contributed by atoms with Gasteiger partial charge in [0.1, 0.15) is 11.4 Å². The molecule has 1 aromatic carbocycles. The summed E-state index contributed by atoms with van der Waals surface area (Å²) < 4.78 is 33.5. The molecule has 42 heavy (non-hydrogen) atoms. The van der Waals surface area contributed by atoms with Gasteiger partial charge >= 0.3 is 0 Å². The summed E-state index contributed by atoms with van der Waals surface area (Å²) in [5, 5.41) is 15.3. The standard InChI is InChI=1S/C30H30F2N6O4/c1-37-15-19(14-34-7-8-42-2)10-24(28(37)40)27(39)36-26-12-21(11-25(35-26)20-4-5-20)22-6-3-18(13-33)9-23(22)29(41)38-16-30(31,32)17-38/h3,6,9-12,15,20,34H,4-5,7-8,14,16-17H2,1-2H3,(H,35,36,39). The average Bonchev–Trinajstić information content (AvgIpc) is 3.80. The van der Waals surface area contributed by atoms with Crippen LogP contribution in [0.25, 0.3) is 11.1 Å². The van der Waals surface area contributed by atoms with Gasteiger partial charge in [0.15, 0.2) is 0 Å². The largest absolute Gasteiger partial charge is 0.383 e. The number of nitrogens with zero attached hydrogens (tertiary/aromatic N) is 4. The number of carbonyl (C=O) groups excluding carboxylic acids is 2. The van der Waals surface area contributed by atoms with Crippen molar-refractivity contribution in [3.05, 3.63) is 80.9 Å². The fraction of sp³-hybridized carbons (Fsp3) is 0.367. The Morgan fingerprint density at radius 3 is 2.60 bits per heavy atom. The van der Waals surface area contributed by atoms with Gasteiger partial charge in [-0.25, -0.2) is 13.8 Å². The van der Waals surface area contributed by atoms with Crippen molar-refractivity contribution in [2.24, 2.45) is 7.05 Å². The van der Waals surface area contributed by atoms with Gasteiger partial charge in [-0.1, -0.05) is 6.07 Å². The Labute approximate surface area is 240 Å². The number of aryl methyl sites for hydroxylation is 1. The van der Waals surface area contributed by atoms with Crippen LogP contribution in [0.15, 0.2) is 47.4 Å². The van der Waals surface area contributed by atoms with Crippen molar-refractivity contribution in [1.82, 2.24) is 19.8 Å². The highest BCUT2D eigenvalue weighted by molar-refractivity contribution is 6.05. The fourth-order valence-corrected chi connectivity index (χ4v) is 4.86. The van der Waals surface area contributed by atoms with Crippen molar-refractivity contribution in [3.8, 4) is 17.2 Å². The second kappa shape index (κ2) is 11.8. The van der Waals surface area contributed by atoms with E-state index in [-0.39, 0.29) is 28.4 Å². The molecule has 1 saturated carbocycles. The average molecular weight is 577 g/mol. The Bertz CT molecular complexity index is 1640. The van der Waals surface area contributed by atoms with Crippen molar-refractivity contribution < 1.29 is 23.1 Å². The number of benzene rings is 1. The number of carbonyl (C=O) groups is 2. The van der Waals surface area contributed by atoms with Crippen LogP contribution in [0, 0.1) is 11.3 Å². The number of alkyl halides is 2. The van der Waals surface area contributed by atoms with Crippen molar-refractivity contribution >= 4 is 17.6 Å². The molecule has 1 aliphatic heterocycles. The van der Waals surface area contributed by atoms with Crippen molar-refractivity contribution in [3.63, 3.8) is 0 Å². The molecule has 2 aliphatic rings. The van der Waals surface area contributed by atoms with Gasteiger partial charge < -0.3 is 24.8 Å². The molecule has 0 radical (unpaired) electrons.